The number of hydrogen-bond donors (Lipinski definition) is 1. The first kappa shape index (κ1) is 16.7. The van der Waals surface area contributed by atoms with Gasteiger partial charge in [-0.3, -0.25) is 4.79 Å². The Kier molecular flexibility index (Phi) is 4.69. The van der Waals surface area contributed by atoms with Gasteiger partial charge in [-0.25, -0.2) is 4.79 Å². The molecule has 3 aromatic rings. The Bertz CT molecular complexity index is 924. The summed E-state index contributed by atoms with van der Waals surface area (Å²) >= 11 is 3.00. The highest BCUT2D eigenvalue weighted by atomic mass is 32.1. The van der Waals surface area contributed by atoms with E-state index in [-0.39, 0.29) is 11.9 Å². The number of anilines is 1. The standard InChI is InChI=1S/C18H17NO3S2/c1-4-22-18(21)16-9-12-8-13(5-6-15(12)24-16)19-17(20)14-7-10(2)23-11(14)3/h5-9H,4H2,1-3H3,(H,19,20). The molecule has 1 N–H and O–H groups in total. The topological polar surface area (TPSA) is 55.4 Å². The van der Waals surface area contributed by atoms with Crippen molar-refractivity contribution < 1.29 is 14.3 Å². The Morgan fingerprint density at radius 3 is 2.58 bits per heavy atom. The van der Waals surface area contributed by atoms with Crippen molar-refractivity contribution in [2.75, 3.05) is 11.9 Å². The third-order valence-corrected chi connectivity index (χ3v) is 5.60. The van der Waals surface area contributed by atoms with Crippen molar-refractivity contribution in [3.8, 4) is 0 Å². The van der Waals surface area contributed by atoms with Gasteiger partial charge in [0.15, 0.2) is 0 Å². The highest BCUT2D eigenvalue weighted by Crippen LogP contribution is 2.29. The fourth-order valence-corrected chi connectivity index (χ4v) is 4.34. The number of aryl methyl sites for hydroxylation is 2. The van der Waals surface area contributed by atoms with Gasteiger partial charge >= 0.3 is 5.97 Å². The van der Waals surface area contributed by atoms with Gasteiger partial charge in [0.1, 0.15) is 4.88 Å². The minimum atomic E-state index is -0.311. The molecule has 0 aliphatic heterocycles. The highest BCUT2D eigenvalue weighted by molar-refractivity contribution is 7.20. The Balaban J connectivity index is 1.84. The molecule has 1 aromatic carbocycles. The van der Waals surface area contributed by atoms with Crippen molar-refractivity contribution in [2.45, 2.75) is 20.8 Å². The molecule has 0 radical (unpaired) electrons. The van der Waals surface area contributed by atoms with E-state index in [0.717, 1.165) is 19.8 Å². The van der Waals surface area contributed by atoms with Crippen molar-refractivity contribution in [3.05, 3.63) is 50.5 Å². The molecule has 0 unspecified atom stereocenters. The second-order valence-electron chi connectivity index (χ2n) is 5.36. The summed E-state index contributed by atoms with van der Waals surface area (Å²) in [7, 11) is 0. The largest absolute Gasteiger partial charge is 0.462 e. The fraction of sp³-hybridized carbons (Fsp3) is 0.222. The van der Waals surface area contributed by atoms with Gasteiger partial charge in [0.2, 0.25) is 0 Å². The van der Waals surface area contributed by atoms with Crippen LogP contribution in [0.25, 0.3) is 10.1 Å². The third-order valence-electron chi connectivity index (χ3n) is 3.54. The number of hydrogen-bond acceptors (Lipinski definition) is 5. The van der Waals surface area contributed by atoms with Crippen LogP contribution in [-0.4, -0.2) is 18.5 Å². The van der Waals surface area contributed by atoms with E-state index in [1.165, 1.54) is 11.3 Å². The number of esters is 1. The zero-order valence-corrected chi connectivity index (χ0v) is 15.3. The van der Waals surface area contributed by atoms with Crippen molar-refractivity contribution >= 4 is 50.3 Å². The molecule has 0 aliphatic carbocycles. The molecule has 0 atom stereocenters. The third kappa shape index (κ3) is 3.34. The zero-order valence-electron chi connectivity index (χ0n) is 13.6. The maximum Gasteiger partial charge on any atom is 0.348 e. The number of carbonyl (C=O) groups is 2. The second-order valence-corrected chi connectivity index (χ2v) is 7.91. The number of ether oxygens (including phenoxy) is 1. The molecule has 0 bridgehead atoms. The second kappa shape index (κ2) is 6.75. The molecule has 4 nitrogen and oxygen atoms in total. The molecule has 0 aliphatic rings. The van der Waals surface area contributed by atoms with Crippen molar-refractivity contribution in [1.29, 1.82) is 0 Å². The van der Waals surface area contributed by atoms with E-state index in [1.807, 2.05) is 38.1 Å². The molecule has 124 valence electrons. The van der Waals surface area contributed by atoms with Crippen LogP contribution in [0.5, 0.6) is 0 Å². The fourth-order valence-electron chi connectivity index (χ4n) is 2.48. The maximum absolute atomic E-state index is 12.4. The lowest BCUT2D eigenvalue weighted by Crippen LogP contribution is -2.11. The van der Waals surface area contributed by atoms with Gasteiger partial charge in [-0.1, -0.05) is 0 Å². The van der Waals surface area contributed by atoms with E-state index in [9.17, 15) is 9.59 Å². The number of nitrogens with one attached hydrogen (secondary N) is 1. The molecule has 2 aromatic heterocycles. The molecule has 24 heavy (non-hydrogen) atoms. The zero-order chi connectivity index (χ0) is 17.3. The summed E-state index contributed by atoms with van der Waals surface area (Å²) in [6.07, 6.45) is 0. The van der Waals surface area contributed by atoms with Crippen LogP contribution in [0, 0.1) is 13.8 Å². The Hall–Kier alpha value is -2.18. The Labute approximate surface area is 148 Å². The first-order valence-corrected chi connectivity index (χ1v) is 9.20. The van der Waals surface area contributed by atoms with Crippen LogP contribution in [-0.2, 0) is 4.74 Å². The van der Waals surface area contributed by atoms with E-state index in [0.29, 0.717) is 22.7 Å². The van der Waals surface area contributed by atoms with Gasteiger partial charge in [0.05, 0.1) is 12.2 Å². The van der Waals surface area contributed by atoms with Gasteiger partial charge in [0, 0.05) is 20.1 Å². The lowest BCUT2D eigenvalue weighted by molar-refractivity contribution is 0.0532. The molecule has 2 heterocycles. The minimum absolute atomic E-state index is 0.114. The van der Waals surface area contributed by atoms with Crippen LogP contribution >= 0.6 is 22.7 Å². The molecule has 0 fully saturated rings. The van der Waals surface area contributed by atoms with Crippen molar-refractivity contribution in [3.63, 3.8) is 0 Å². The molecule has 0 saturated heterocycles. The van der Waals surface area contributed by atoms with Gasteiger partial charge in [-0.2, -0.15) is 0 Å². The van der Waals surface area contributed by atoms with Crippen LogP contribution in [0.1, 0.15) is 36.7 Å². The van der Waals surface area contributed by atoms with Crippen molar-refractivity contribution in [2.24, 2.45) is 0 Å². The van der Waals surface area contributed by atoms with Crippen LogP contribution < -0.4 is 5.32 Å². The highest BCUT2D eigenvalue weighted by Gasteiger charge is 2.14. The van der Waals surface area contributed by atoms with E-state index in [1.54, 1.807) is 24.3 Å². The summed E-state index contributed by atoms with van der Waals surface area (Å²) < 4.78 is 6.01. The smallest absolute Gasteiger partial charge is 0.348 e. The number of carbonyl (C=O) groups excluding carboxylic acids is 2. The Morgan fingerprint density at radius 1 is 1.12 bits per heavy atom. The monoisotopic (exact) mass is 359 g/mol. The lowest BCUT2D eigenvalue weighted by atomic mass is 10.2. The average molecular weight is 359 g/mol. The minimum Gasteiger partial charge on any atom is -0.462 e. The maximum atomic E-state index is 12.4. The number of thiophene rings is 2. The molecule has 0 saturated carbocycles. The number of fused-ring (bicyclic) bond motifs is 1. The molecule has 0 spiro atoms. The molecule has 1 amide bonds. The summed E-state index contributed by atoms with van der Waals surface area (Å²) in [5.41, 5.74) is 1.42. The van der Waals surface area contributed by atoms with Crippen LogP contribution in [0.15, 0.2) is 30.3 Å². The van der Waals surface area contributed by atoms with Gasteiger partial charge in [-0.15, -0.1) is 22.7 Å². The molecular formula is C18H17NO3S2. The lowest BCUT2D eigenvalue weighted by Gasteiger charge is -2.04. The summed E-state index contributed by atoms with van der Waals surface area (Å²) in [5, 5.41) is 3.84. The van der Waals surface area contributed by atoms with Gasteiger partial charge in [0.25, 0.3) is 5.91 Å². The summed E-state index contributed by atoms with van der Waals surface area (Å²) in [5.74, 6) is -0.425. The summed E-state index contributed by atoms with van der Waals surface area (Å²) in [6, 6.07) is 9.33. The summed E-state index contributed by atoms with van der Waals surface area (Å²) in [6.45, 7) is 6.07. The van der Waals surface area contributed by atoms with E-state index in [2.05, 4.69) is 5.32 Å². The normalized spacial score (nSPS) is 10.8. The predicted octanol–water partition coefficient (Wildman–Crippen LogP) is 5.01. The first-order chi connectivity index (χ1) is 11.5. The van der Waals surface area contributed by atoms with E-state index in [4.69, 9.17) is 4.74 Å². The van der Waals surface area contributed by atoms with Crippen LogP contribution in [0.2, 0.25) is 0 Å². The van der Waals surface area contributed by atoms with Crippen LogP contribution in [0.4, 0.5) is 5.69 Å². The Morgan fingerprint density at radius 2 is 1.92 bits per heavy atom. The molecule has 6 heteroatoms. The summed E-state index contributed by atoms with van der Waals surface area (Å²) in [4.78, 5) is 26.9. The first-order valence-electron chi connectivity index (χ1n) is 7.57. The molecule has 3 rings (SSSR count). The predicted molar refractivity (Wildman–Crippen MR) is 99.5 cm³/mol. The molecular weight excluding hydrogens is 342 g/mol. The number of rotatable bonds is 4. The number of benzene rings is 1. The van der Waals surface area contributed by atoms with Crippen LogP contribution in [0.3, 0.4) is 0 Å². The van der Waals surface area contributed by atoms with Gasteiger partial charge < -0.3 is 10.1 Å². The van der Waals surface area contributed by atoms with E-state index < -0.39 is 0 Å². The quantitative estimate of drug-likeness (QED) is 0.666. The SMILES string of the molecule is CCOC(=O)c1cc2cc(NC(=O)c3cc(C)sc3C)ccc2s1. The van der Waals surface area contributed by atoms with Crippen molar-refractivity contribution in [1.82, 2.24) is 0 Å². The average Bonchev–Trinajstić information content (AvgIpc) is 3.10. The number of amides is 1. The van der Waals surface area contributed by atoms with Gasteiger partial charge in [-0.05, 0) is 56.5 Å². The van der Waals surface area contributed by atoms with E-state index >= 15 is 0 Å².